The second-order valence-corrected chi connectivity index (χ2v) is 3.02. The molecule has 0 radical (unpaired) electrons. The molecule has 4 nitrogen and oxygen atoms in total. The lowest BCUT2D eigenvalue weighted by molar-refractivity contribution is 0.344. The van der Waals surface area contributed by atoms with E-state index in [1.807, 2.05) is 12.1 Å². The van der Waals surface area contributed by atoms with E-state index in [9.17, 15) is 0 Å². The standard InChI is InChI=1S/C11H17NO3/c1-13-9-4-5-10(14-2)11(15-3)8(9)6-7-12/h4-5H,6-7,12H2,1-3H3/i9+1. The molecule has 0 saturated heterocycles. The van der Waals surface area contributed by atoms with Gasteiger partial charge in [0, 0.05) is 5.56 Å². The summed E-state index contributed by atoms with van der Waals surface area (Å²) in [4.78, 5) is 0. The number of methoxy groups -OCH3 is 3. The number of hydrogen-bond donors (Lipinski definition) is 1. The zero-order valence-corrected chi connectivity index (χ0v) is 9.37. The number of nitrogens with two attached hydrogens (primary N) is 1. The van der Waals surface area contributed by atoms with Gasteiger partial charge in [-0.05, 0) is 25.1 Å². The van der Waals surface area contributed by atoms with E-state index in [1.54, 1.807) is 21.3 Å². The molecule has 0 spiro atoms. The average molecular weight is 212 g/mol. The largest absolute Gasteiger partial charge is 0.496 e. The van der Waals surface area contributed by atoms with Crippen LogP contribution in [0.3, 0.4) is 0 Å². The maximum atomic E-state index is 5.55. The van der Waals surface area contributed by atoms with Crippen molar-refractivity contribution in [2.75, 3.05) is 27.9 Å². The molecule has 0 aliphatic carbocycles. The first-order valence-corrected chi connectivity index (χ1v) is 4.76. The zero-order valence-electron chi connectivity index (χ0n) is 9.37. The molecular formula is C11H17NO3. The lowest BCUT2D eigenvalue weighted by Gasteiger charge is -2.15. The van der Waals surface area contributed by atoms with E-state index < -0.39 is 0 Å². The third kappa shape index (κ3) is 2.33. The van der Waals surface area contributed by atoms with Crippen molar-refractivity contribution in [2.45, 2.75) is 6.42 Å². The number of benzene rings is 1. The molecule has 0 fully saturated rings. The van der Waals surface area contributed by atoms with E-state index in [0.29, 0.717) is 24.5 Å². The van der Waals surface area contributed by atoms with E-state index in [4.69, 9.17) is 19.9 Å². The van der Waals surface area contributed by atoms with Crippen molar-refractivity contribution < 1.29 is 14.2 Å². The summed E-state index contributed by atoms with van der Waals surface area (Å²) in [5, 5.41) is 0. The van der Waals surface area contributed by atoms with E-state index in [-0.39, 0.29) is 0 Å². The highest BCUT2D eigenvalue weighted by atomic mass is 16.5. The van der Waals surface area contributed by atoms with Gasteiger partial charge in [-0.15, -0.1) is 0 Å². The monoisotopic (exact) mass is 212 g/mol. The maximum absolute atomic E-state index is 5.55. The molecule has 0 amide bonds. The Labute approximate surface area is 89.9 Å². The summed E-state index contributed by atoms with van der Waals surface area (Å²) in [6, 6.07) is 3.67. The number of hydrogen-bond acceptors (Lipinski definition) is 4. The van der Waals surface area contributed by atoms with Crippen molar-refractivity contribution in [3.05, 3.63) is 17.7 Å². The van der Waals surface area contributed by atoms with E-state index in [0.717, 1.165) is 11.3 Å². The molecule has 84 valence electrons. The zero-order chi connectivity index (χ0) is 11.3. The van der Waals surface area contributed by atoms with Crippen LogP contribution in [0, 0.1) is 0 Å². The summed E-state index contributed by atoms with van der Waals surface area (Å²) >= 11 is 0. The molecule has 0 saturated carbocycles. The molecule has 0 unspecified atom stereocenters. The molecule has 0 heterocycles. The summed E-state index contributed by atoms with van der Waals surface area (Å²) < 4.78 is 15.8. The van der Waals surface area contributed by atoms with Gasteiger partial charge in [-0.25, -0.2) is 0 Å². The third-order valence-electron chi connectivity index (χ3n) is 2.22. The summed E-state index contributed by atoms with van der Waals surface area (Å²) in [6.07, 6.45) is 0.698. The van der Waals surface area contributed by atoms with Gasteiger partial charge >= 0.3 is 0 Å². The minimum Gasteiger partial charge on any atom is -0.496 e. The Balaban J connectivity index is 3.24. The Bertz CT molecular complexity index is 326. The van der Waals surface area contributed by atoms with Crippen LogP contribution in [-0.4, -0.2) is 27.9 Å². The minimum atomic E-state index is 0.542. The van der Waals surface area contributed by atoms with Gasteiger partial charge in [0.15, 0.2) is 11.5 Å². The fraction of sp³-hybridized carbons (Fsp3) is 0.455. The summed E-state index contributed by atoms with van der Waals surface area (Å²) in [6.45, 7) is 0.542. The molecule has 1 rings (SSSR count). The first kappa shape index (κ1) is 11.7. The lowest BCUT2D eigenvalue weighted by atomic mass is 10.2. The van der Waals surface area contributed by atoms with Crippen LogP contribution < -0.4 is 19.9 Å². The molecule has 0 aliphatic heterocycles. The highest BCUT2D eigenvalue weighted by Gasteiger charge is 2.14. The van der Waals surface area contributed by atoms with Crippen molar-refractivity contribution >= 4 is 0 Å². The van der Waals surface area contributed by atoms with Crippen molar-refractivity contribution in [2.24, 2.45) is 5.73 Å². The van der Waals surface area contributed by atoms with Gasteiger partial charge in [-0.2, -0.15) is 0 Å². The molecule has 0 bridgehead atoms. The predicted octanol–water partition coefficient (Wildman–Crippen LogP) is 1.21. The molecule has 4 heteroatoms. The van der Waals surface area contributed by atoms with Gasteiger partial charge in [-0.3, -0.25) is 0 Å². The Hall–Kier alpha value is -1.42. The second kappa shape index (κ2) is 5.46. The maximum Gasteiger partial charge on any atom is 0.167 e. The van der Waals surface area contributed by atoms with Crippen molar-refractivity contribution in [1.29, 1.82) is 0 Å². The topological polar surface area (TPSA) is 53.7 Å². The quantitative estimate of drug-likeness (QED) is 0.797. The van der Waals surface area contributed by atoms with Crippen LogP contribution in [0.2, 0.25) is 0 Å². The smallest absolute Gasteiger partial charge is 0.167 e. The summed E-state index contributed by atoms with van der Waals surface area (Å²) in [7, 11) is 4.84. The highest BCUT2D eigenvalue weighted by molar-refractivity contribution is 5.54. The summed E-state index contributed by atoms with van der Waals surface area (Å²) in [5.41, 5.74) is 6.49. The molecule has 1 aromatic rings. The van der Waals surface area contributed by atoms with Crippen LogP contribution >= 0.6 is 0 Å². The molecule has 2 N–H and O–H groups in total. The molecular weight excluding hydrogens is 195 g/mol. The summed E-state index contributed by atoms with van der Waals surface area (Å²) in [5.74, 6) is 2.17. The number of rotatable bonds is 5. The van der Waals surface area contributed by atoms with E-state index in [2.05, 4.69) is 0 Å². The molecule has 0 atom stereocenters. The van der Waals surface area contributed by atoms with Gasteiger partial charge in [0.1, 0.15) is 5.75 Å². The van der Waals surface area contributed by atoms with Gasteiger partial charge in [-0.1, -0.05) is 0 Å². The van der Waals surface area contributed by atoms with Crippen molar-refractivity contribution in [1.82, 2.24) is 0 Å². The van der Waals surface area contributed by atoms with Gasteiger partial charge in [0.25, 0.3) is 0 Å². The van der Waals surface area contributed by atoms with E-state index in [1.165, 1.54) is 0 Å². The lowest BCUT2D eigenvalue weighted by Crippen LogP contribution is -2.07. The molecule has 15 heavy (non-hydrogen) atoms. The SMILES string of the molecule is COc1cc[13c](OC)c(CCN)c1OC. The second-order valence-electron chi connectivity index (χ2n) is 3.02. The fourth-order valence-electron chi connectivity index (χ4n) is 1.55. The van der Waals surface area contributed by atoms with Crippen LogP contribution in [0.15, 0.2) is 12.1 Å². The Morgan fingerprint density at radius 1 is 1.00 bits per heavy atom. The highest BCUT2D eigenvalue weighted by Crippen LogP contribution is 2.37. The van der Waals surface area contributed by atoms with Gasteiger partial charge in [0.2, 0.25) is 0 Å². The Morgan fingerprint density at radius 2 is 1.60 bits per heavy atom. The van der Waals surface area contributed by atoms with Crippen LogP contribution in [0.4, 0.5) is 0 Å². The van der Waals surface area contributed by atoms with Crippen LogP contribution in [0.5, 0.6) is 17.2 Å². The van der Waals surface area contributed by atoms with Gasteiger partial charge < -0.3 is 19.9 Å². The van der Waals surface area contributed by atoms with Crippen LogP contribution in [0.1, 0.15) is 5.56 Å². The van der Waals surface area contributed by atoms with Crippen molar-refractivity contribution in [3.63, 3.8) is 0 Å². The fourth-order valence-corrected chi connectivity index (χ4v) is 1.55. The first-order valence-electron chi connectivity index (χ1n) is 4.76. The number of ether oxygens (including phenoxy) is 3. The first-order chi connectivity index (χ1) is 7.28. The van der Waals surface area contributed by atoms with Crippen LogP contribution in [-0.2, 0) is 6.42 Å². The Kier molecular flexibility index (Phi) is 4.24. The van der Waals surface area contributed by atoms with Gasteiger partial charge in [0.05, 0.1) is 21.3 Å². The molecule has 1 aromatic carbocycles. The van der Waals surface area contributed by atoms with Crippen LogP contribution in [0.25, 0.3) is 0 Å². The molecule has 0 aliphatic rings. The average Bonchev–Trinajstić information content (AvgIpc) is 2.28. The third-order valence-corrected chi connectivity index (χ3v) is 2.22. The molecule has 0 aromatic heterocycles. The Morgan fingerprint density at radius 3 is 2.07 bits per heavy atom. The van der Waals surface area contributed by atoms with Crippen molar-refractivity contribution in [3.8, 4) is 17.2 Å². The minimum absolute atomic E-state index is 0.542. The normalized spacial score (nSPS) is 9.87. The van der Waals surface area contributed by atoms with E-state index >= 15 is 0 Å². The predicted molar refractivity (Wildman–Crippen MR) is 58.9 cm³/mol.